The molecule has 0 spiro atoms. The zero-order valence-corrected chi connectivity index (χ0v) is 12.6. The molecule has 0 fully saturated rings. The molecule has 7 heteroatoms. The van der Waals surface area contributed by atoms with Crippen molar-refractivity contribution < 1.29 is 12.8 Å². The minimum absolute atomic E-state index is 0.0422. The Bertz CT molecular complexity index is 508. The highest BCUT2D eigenvalue weighted by Crippen LogP contribution is 2.22. The van der Waals surface area contributed by atoms with Gasteiger partial charge in [-0.25, -0.2) is 17.5 Å². The average molecular weight is 339 g/mol. The Kier molecular flexibility index (Phi) is 5.71. The molecule has 18 heavy (non-hydrogen) atoms. The van der Waals surface area contributed by atoms with Crippen molar-refractivity contribution in [2.75, 3.05) is 20.1 Å². The standard InChI is InChI=1S/C11H16BrFN2O2S/c1-8(6-14-2)7-15-18(16,17)11-4-3-9(13)5-10(11)12/h3-5,8,14-15H,6-7H2,1-2H3. The Labute approximate surface area is 115 Å². The molecular weight excluding hydrogens is 323 g/mol. The Morgan fingerprint density at radius 1 is 1.39 bits per heavy atom. The first-order valence-corrected chi connectivity index (χ1v) is 7.73. The SMILES string of the molecule is CNCC(C)CNS(=O)(=O)c1ccc(F)cc1Br. The molecule has 1 rings (SSSR count). The van der Waals surface area contributed by atoms with Gasteiger partial charge in [-0.1, -0.05) is 6.92 Å². The molecule has 0 saturated carbocycles. The molecule has 102 valence electrons. The van der Waals surface area contributed by atoms with Gasteiger partial charge in [-0.15, -0.1) is 0 Å². The fourth-order valence-corrected chi connectivity index (χ4v) is 3.66. The van der Waals surface area contributed by atoms with Crippen LogP contribution in [0.3, 0.4) is 0 Å². The zero-order chi connectivity index (χ0) is 13.8. The lowest BCUT2D eigenvalue weighted by Crippen LogP contribution is -2.32. The molecule has 0 aromatic heterocycles. The summed E-state index contributed by atoms with van der Waals surface area (Å²) in [7, 11) is -1.81. The van der Waals surface area contributed by atoms with E-state index in [0.29, 0.717) is 13.1 Å². The van der Waals surface area contributed by atoms with Crippen molar-refractivity contribution in [2.45, 2.75) is 11.8 Å². The van der Waals surface area contributed by atoms with Gasteiger partial charge in [-0.2, -0.15) is 0 Å². The van der Waals surface area contributed by atoms with E-state index in [0.717, 1.165) is 12.1 Å². The van der Waals surface area contributed by atoms with E-state index in [2.05, 4.69) is 26.0 Å². The Morgan fingerprint density at radius 3 is 2.61 bits per heavy atom. The lowest BCUT2D eigenvalue weighted by molar-refractivity contribution is 0.518. The predicted octanol–water partition coefficient (Wildman–Crippen LogP) is 1.72. The van der Waals surface area contributed by atoms with Crippen LogP contribution in [0.15, 0.2) is 27.6 Å². The summed E-state index contributed by atoms with van der Waals surface area (Å²) in [5, 5.41) is 2.97. The second-order valence-corrected chi connectivity index (χ2v) is 6.68. The lowest BCUT2D eigenvalue weighted by Gasteiger charge is -2.13. The van der Waals surface area contributed by atoms with Crippen LogP contribution in [0.4, 0.5) is 4.39 Å². The molecule has 0 saturated heterocycles. The van der Waals surface area contributed by atoms with Crippen LogP contribution in [0, 0.1) is 11.7 Å². The highest BCUT2D eigenvalue weighted by Gasteiger charge is 2.18. The molecule has 0 radical (unpaired) electrons. The number of rotatable bonds is 6. The monoisotopic (exact) mass is 338 g/mol. The molecule has 1 atom stereocenters. The summed E-state index contributed by atoms with van der Waals surface area (Å²) in [5.74, 6) is -0.312. The van der Waals surface area contributed by atoms with E-state index in [9.17, 15) is 12.8 Å². The molecule has 1 unspecified atom stereocenters. The van der Waals surface area contributed by atoms with Gasteiger partial charge in [0.05, 0.1) is 4.90 Å². The van der Waals surface area contributed by atoms with Crippen LogP contribution < -0.4 is 10.0 Å². The van der Waals surface area contributed by atoms with E-state index >= 15 is 0 Å². The van der Waals surface area contributed by atoms with E-state index in [1.165, 1.54) is 6.07 Å². The number of halogens is 2. The third kappa shape index (κ3) is 4.31. The summed E-state index contributed by atoms with van der Waals surface area (Å²) in [4.78, 5) is 0.0422. The van der Waals surface area contributed by atoms with Crippen LogP contribution in [0.2, 0.25) is 0 Å². The Morgan fingerprint density at radius 2 is 2.06 bits per heavy atom. The first kappa shape index (κ1) is 15.6. The van der Waals surface area contributed by atoms with Gasteiger partial charge in [0.25, 0.3) is 0 Å². The van der Waals surface area contributed by atoms with Gasteiger partial charge >= 0.3 is 0 Å². The van der Waals surface area contributed by atoms with Crippen molar-refractivity contribution in [2.24, 2.45) is 5.92 Å². The third-order valence-corrected chi connectivity index (χ3v) is 4.76. The van der Waals surface area contributed by atoms with E-state index in [1.54, 1.807) is 0 Å². The zero-order valence-electron chi connectivity index (χ0n) is 10.2. The van der Waals surface area contributed by atoms with Gasteiger partial charge < -0.3 is 5.32 Å². The number of benzene rings is 1. The van der Waals surface area contributed by atoms with Gasteiger partial charge in [0, 0.05) is 11.0 Å². The second kappa shape index (κ2) is 6.60. The largest absolute Gasteiger partial charge is 0.319 e. The van der Waals surface area contributed by atoms with E-state index in [1.807, 2.05) is 14.0 Å². The summed E-state index contributed by atoms with van der Waals surface area (Å²) in [6, 6.07) is 3.49. The summed E-state index contributed by atoms with van der Waals surface area (Å²) < 4.78 is 39.6. The van der Waals surface area contributed by atoms with Crippen molar-refractivity contribution in [3.05, 3.63) is 28.5 Å². The Balaban J connectivity index is 2.80. The molecule has 0 aliphatic carbocycles. The lowest BCUT2D eigenvalue weighted by atomic mass is 10.2. The third-order valence-electron chi connectivity index (χ3n) is 2.36. The van der Waals surface area contributed by atoms with Crippen LogP contribution in [-0.4, -0.2) is 28.6 Å². The molecule has 4 nitrogen and oxygen atoms in total. The number of sulfonamides is 1. The van der Waals surface area contributed by atoms with Gasteiger partial charge in [0.15, 0.2) is 0 Å². The summed E-state index contributed by atoms with van der Waals surface area (Å²) >= 11 is 3.05. The summed E-state index contributed by atoms with van der Waals surface area (Å²) in [5.41, 5.74) is 0. The van der Waals surface area contributed by atoms with Crippen LogP contribution in [0.5, 0.6) is 0 Å². The molecule has 0 aliphatic heterocycles. The number of hydrogen-bond acceptors (Lipinski definition) is 3. The topological polar surface area (TPSA) is 58.2 Å². The molecule has 2 N–H and O–H groups in total. The molecule has 0 amide bonds. The fraction of sp³-hybridized carbons (Fsp3) is 0.455. The first-order chi connectivity index (χ1) is 8.36. The van der Waals surface area contributed by atoms with Gasteiger partial charge in [0.1, 0.15) is 5.82 Å². The first-order valence-electron chi connectivity index (χ1n) is 5.46. The van der Waals surface area contributed by atoms with Crippen LogP contribution >= 0.6 is 15.9 Å². The molecule has 0 heterocycles. The van der Waals surface area contributed by atoms with Crippen molar-refractivity contribution in [3.63, 3.8) is 0 Å². The average Bonchev–Trinajstić information content (AvgIpc) is 2.26. The number of nitrogens with one attached hydrogen (secondary N) is 2. The smallest absolute Gasteiger partial charge is 0.241 e. The van der Waals surface area contributed by atoms with Crippen molar-refractivity contribution in [3.8, 4) is 0 Å². The minimum Gasteiger partial charge on any atom is -0.319 e. The molecule has 0 aliphatic rings. The van der Waals surface area contributed by atoms with E-state index in [-0.39, 0.29) is 15.3 Å². The van der Waals surface area contributed by atoms with Gasteiger partial charge in [-0.05, 0) is 53.6 Å². The highest BCUT2D eigenvalue weighted by atomic mass is 79.9. The van der Waals surface area contributed by atoms with Crippen LogP contribution in [-0.2, 0) is 10.0 Å². The maximum Gasteiger partial charge on any atom is 0.241 e. The predicted molar refractivity (Wildman–Crippen MR) is 72.4 cm³/mol. The maximum atomic E-state index is 12.9. The van der Waals surface area contributed by atoms with Crippen molar-refractivity contribution >= 4 is 26.0 Å². The molecular formula is C11H16BrFN2O2S. The molecule has 1 aromatic carbocycles. The van der Waals surface area contributed by atoms with Crippen molar-refractivity contribution in [1.29, 1.82) is 0 Å². The second-order valence-electron chi connectivity index (χ2n) is 4.09. The maximum absolute atomic E-state index is 12.9. The highest BCUT2D eigenvalue weighted by molar-refractivity contribution is 9.10. The van der Waals surface area contributed by atoms with E-state index in [4.69, 9.17) is 0 Å². The normalized spacial score (nSPS) is 13.6. The number of hydrogen-bond donors (Lipinski definition) is 2. The van der Waals surface area contributed by atoms with Crippen LogP contribution in [0.1, 0.15) is 6.92 Å². The van der Waals surface area contributed by atoms with E-state index < -0.39 is 15.8 Å². The minimum atomic E-state index is -3.61. The fourth-order valence-electron chi connectivity index (χ4n) is 1.44. The quantitative estimate of drug-likeness (QED) is 0.830. The molecule has 0 bridgehead atoms. The molecule has 1 aromatic rings. The van der Waals surface area contributed by atoms with Crippen LogP contribution in [0.25, 0.3) is 0 Å². The van der Waals surface area contributed by atoms with Gasteiger partial charge in [0.2, 0.25) is 10.0 Å². The van der Waals surface area contributed by atoms with Gasteiger partial charge in [-0.3, -0.25) is 0 Å². The summed E-state index contributed by atoms with van der Waals surface area (Å²) in [6.07, 6.45) is 0. The summed E-state index contributed by atoms with van der Waals surface area (Å²) in [6.45, 7) is 2.97. The van der Waals surface area contributed by atoms with Crippen molar-refractivity contribution in [1.82, 2.24) is 10.0 Å². The Hall–Kier alpha value is -0.500.